The van der Waals surface area contributed by atoms with Crippen LogP contribution in [0, 0.1) is 0 Å². The zero-order valence-corrected chi connectivity index (χ0v) is 6.62. The van der Waals surface area contributed by atoms with E-state index < -0.39 is 7.32 Å². The van der Waals surface area contributed by atoms with Crippen LogP contribution in [0.5, 0.6) is 0 Å². The van der Waals surface area contributed by atoms with Gasteiger partial charge in [0, 0.05) is 33.3 Å². The molecule has 0 saturated carbocycles. The SMILES string of the molecule is COB(O)ON1CCNCC1. The zero-order chi connectivity index (χ0) is 8.10. The predicted octanol–water partition coefficient (Wildman–Crippen LogP) is -1.55. The quantitative estimate of drug-likeness (QED) is 0.489. The summed E-state index contributed by atoms with van der Waals surface area (Å²) in [5.41, 5.74) is 0. The van der Waals surface area contributed by atoms with Crippen molar-refractivity contribution in [3.8, 4) is 0 Å². The van der Waals surface area contributed by atoms with E-state index in [2.05, 4.69) is 9.97 Å². The third-order valence-electron chi connectivity index (χ3n) is 1.52. The molecule has 0 aromatic rings. The van der Waals surface area contributed by atoms with E-state index >= 15 is 0 Å². The molecule has 0 aliphatic carbocycles. The summed E-state index contributed by atoms with van der Waals surface area (Å²) in [4.78, 5) is 0. The van der Waals surface area contributed by atoms with E-state index in [-0.39, 0.29) is 0 Å². The van der Waals surface area contributed by atoms with Gasteiger partial charge < -0.3 is 15.0 Å². The van der Waals surface area contributed by atoms with Crippen LogP contribution in [0.25, 0.3) is 0 Å². The Balaban J connectivity index is 2.13. The van der Waals surface area contributed by atoms with Crippen LogP contribution in [0.3, 0.4) is 0 Å². The minimum Gasteiger partial charge on any atom is -0.401 e. The lowest BCUT2D eigenvalue weighted by Gasteiger charge is -2.26. The second-order valence-corrected chi connectivity index (χ2v) is 2.33. The first-order valence-electron chi connectivity index (χ1n) is 3.66. The van der Waals surface area contributed by atoms with E-state index in [1.165, 1.54) is 7.11 Å². The van der Waals surface area contributed by atoms with Gasteiger partial charge in [0.05, 0.1) is 0 Å². The van der Waals surface area contributed by atoms with Gasteiger partial charge in [0.25, 0.3) is 0 Å². The van der Waals surface area contributed by atoms with Crippen LogP contribution in [-0.4, -0.2) is 50.7 Å². The molecule has 1 aliphatic heterocycles. The first-order valence-corrected chi connectivity index (χ1v) is 3.66. The second kappa shape index (κ2) is 4.68. The Morgan fingerprint density at radius 1 is 1.45 bits per heavy atom. The van der Waals surface area contributed by atoms with Gasteiger partial charge in [-0.2, -0.15) is 5.06 Å². The van der Waals surface area contributed by atoms with E-state index in [0.29, 0.717) is 0 Å². The molecule has 6 heteroatoms. The van der Waals surface area contributed by atoms with Gasteiger partial charge in [-0.15, -0.1) is 0 Å². The fourth-order valence-corrected chi connectivity index (χ4v) is 0.920. The van der Waals surface area contributed by atoms with Crippen molar-refractivity contribution in [1.29, 1.82) is 0 Å². The van der Waals surface area contributed by atoms with Crippen LogP contribution in [-0.2, 0) is 9.41 Å². The Kier molecular flexibility index (Phi) is 3.81. The maximum atomic E-state index is 8.90. The number of hydroxylamine groups is 2. The summed E-state index contributed by atoms with van der Waals surface area (Å²) in [6.07, 6.45) is 0. The van der Waals surface area contributed by atoms with Crippen LogP contribution >= 0.6 is 0 Å². The number of rotatable bonds is 3. The molecule has 0 amide bonds. The maximum Gasteiger partial charge on any atom is 0.654 e. The highest BCUT2D eigenvalue weighted by atomic mass is 16.8. The van der Waals surface area contributed by atoms with Crippen LogP contribution in [0.15, 0.2) is 0 Å². The standard InChI is InChI=1S/C5H13BN2O3/c1-10-6(9)11-8-4-2-7-3-5-8/h7,9H,2-5H2,1H3. The van der Waals surface area contributed by atoms with Crippen molar-refractivity contribution in [3.05, 3.63) is 0 Å². The first-order chi connectivity index (χ1) is 5.33. The van der Waals surface area contributed by atoms with Gasteiger partial charge in [-0.25, -0.2) is 0 Å². The summed E-state index contributed by atoms with van der Waals surface area (Å²) < 4.78 is 9.49. The monoisotopic (exact) mass is 160 g/mol. The molecule has 1 rings (SSSR count). The summed E-state index contributed by atoms with van der Waals surface area (Å²) in [6, 6.07) is 0. The lowest BCUT2D eigenvalue weighted by molar-refractivity contribution is -0.105. The maximum absolute atomic E-state index is 8.90. The average Bonchev–Trinajstić information content (AvgIpc) is 2.06. The summed E-state index contributed by atoms with van der Waals surface area (Å²) >= 11 is 0. The molecule has 0 spiro atoms. The van der Waals surface area contributed by atoms with Crippen LogP contribution in [0.2, 0.25) is 0 Å². The molecule has 0 bridgehead atoms. The molecule has 0 aromatic carbocycles. The van der Waals surface area contributed by atoms with E-state index in [9.17, 15) is 0 Å². The molecule has 11 heavy (non-hydrogen) atoms. The van der Waals surface area contributed by atoms with E-state index in [4.69, 9.17) is 9.78 Å². The Morgan fingerprint density at radius 3 is 2.64 bits per heavy atom. The third kappa shape index (κ3) is 3.17. The highest BCUT2D eigenvalue weighted by Crippen LogP contribution is 1.94. The van der Waals surface area contributed by atoms with E-state index in [1.54, 1.807) is 5.06 Å². The smallest absolute Gasteiger partial charge is 0.401 e. The molecule has 5 nitrogen and oxygen atoms in total. The van der Waals surface area contributed by atoms with Gasteiger partial charge in [0.1, 0.15) is 0 Å². The number of nitrogens with one attached hydrogen (secondary N) is 1. The lowest BCUT2D eigenvalue weighted by Crippen LogP contribution is -2.46. The van der Waals surface area contributed by atoms with Crippen molar-refractivity contribution in [2.75, 3.05) is 33.3 Å². The summed E-state index contributed by atoms with van der Waals surface area (Å²) in [5.74, 6) is 0. The number of hydrogen-bond donors (Lipinski definition) is 2. The predicted molar refractivity (Wildman–Crippen MR) is 40.5 cm³/mol. The highest BCUT2D eigenvalue weighted by Gasteiger charge is 2.20. The van der Waals surface area contributed by atoms with E-state index in [0.717, 1.165) is 26.2 Å². The minimum absolute atomic E-state index is 0.778. The van der Waals surface area contributed by atoms with Gasteiger partial charge in [-0.1, -0.05) is 0 Å². The van der Waals surface area contributed by atoms with Crippen LogP contribution < -0.4 is 5.32 Å². The van der Waals surface area contributed by atoms with Gasteiger partial charge in [0.2, 0.25) is 0 Å². The molecule has 64 valence electrons. The zero-order valence-electron chi connectivity index (χ0n) is 6.62. The largest absolute Gasteiger partial charge is 0.654 e. The summed E-state index contributed by atoms with van der Waals surface area (Å²) in [6.45, 7) is 3.33. The van der Waals surface area contributed by atoms with Gasteiger partial charge in [0.15, 0.2) is 0 Å². The summed E-state index contributed by atoms with van der Waals surface area (Å²) in [7, 11) is 0.264. The fraction of sp³-hybridized carbons (Fsp3) is 1.00. The molecule has 1 aliphatic rings. The Hall–Kier alpha value is -0.135. The topological polar surface area (TPSA) is 54.0 Å². The first kappa shape index (κ1) is 8.96. The Labute approximate surface area is 66.4 Å². The van der Waals surface area contributed by atoms with Crippen molar-refractivity contribution in [2.45, 2.75) is 0 Å². The second-order valence-electron chi connectivity index (χ2n) is 2.33. The molecule has 1 fully saturated rings. The van der Waals surface area contributed by atoms with Crippen LogP contribution in [0.1, 0.15) is 0 Å². The fourth-order valence-electron chi connectivity index (χ4n) is 0.920. The van der Waals surface area contributed by atoms with E-state index in [1.807, 2.05) is 0 Å². The molecular formula is C5H13BN2O3. The van der Waals surface area contributed by atoms with Gasteiger partial charge in [-0.3, -0.25) is 4.76 Å². The summed E-state index contributed by atoms with van der Waals surface area (Å²) in [5, 5.41) is 13.8. The molecule has 2 N–H and O–H groups in total. The number of hydrogen-bond acceptors (Lipinski definition) is 5. The average molecular weight is 160 g/mol. The van der Waals surface area contributed by atoms with Gasteiger partial charge in [-0.05, 0) is 0 Å². The lowest BCUT2D eigenvalue weighted by atomic mass is 10.3. The minimum atomic E-state index is -1.13. The molecule has 0 atom stereocenters. The number of piperazine rings is 1. The highest BCUT2D eigenvalue weighted by molar-refractivity contribution is 6.34. The normalized spacial score (nSPS) is 20.2. The Bertz CT molecular complexity index is 110. The van der Waals surface area contributed by atoms with Crippen LogP contribution in [0.4, 0.5) is 0 Å². The molecule has 0 unspecified atom stereocenters. The third-order valence-corrected chi connectivity index (χ3v) is 1.52. The van der Waals surface area contributed by atoms with Crippen molar-refractivity contribution in [1.82, 2.24) is 10.4 Å². The van der Waals surface area contributed by atoms with Crippen molar-refractivity contribution >= 4 is 7.32 Å². The Morgan fingerprint density at radius 2 is 2.09 bits per heavy atom. The van der Waals surface area contributed by atoms with Crippen molar-refractivity contribution in [2.24, 2.45) is 0 Å². The molecule has 0 aromatic heterocycles. The van der Waals surface area contributed by atoms with Crippen molar-refractivity contribution < 1.29 is 14.4 Å². The number of nitrogens with zero attached hydrogens (tertiary/aromatic N) is 1. The van der Waals surface area contributed by atoms with Crippen molar-refractivity contribution in [3.63, 3.8) is 0 Å². The molecule has 0 radical (unpaired) electrons. The molecule has 1 saturated heterocycles. The molecule has 1 heterocycles. The van der Waals surface area contributed by atoms with Gasteiger partial charge >= 0.3 is 7.32 Å². The molecular weight excluding hydrogens is 147 g/mol.